The van der Waals surface area contributed by atoms with Gasteiger partial charge in [0.05, 0.1) is 35.4 Å². The molecule has 4 N–H and O–H groups in total. The van der Waals surface area contributed by atoms with Gasteiger partial charge in [-0.1, -0.05) is 38.5 Å². The van der Waals surface area contributed by atoms with Crippen molar-refractivity contribution in [2.75, 3.05) is 26.2 Å². The van der Waals surface area contributed by atoms with Crippen molar-refractivity contribution >= 4 is 45.0 Å². The van der Waals surface area contributed by atoms with Crippen LogP contribution in [0.3, 0.4) is 0 Å². The molecule has 354 valence electrons. The average molecular weight is 917 g/mol. The number of alkyl carbamates (subject to hydrolysis) is 1. The zero-order valence-electron chi connectivity index (χ0n) is 38.0. The van der Waals surface area contributed by atoms with Gasteiger partial charge in [-0.3, -0.25) is 14.4 Å². The molecule has 4 fully saturated rings. The predicted octanol–water partition coefficient (Wildman–Crippen LogP) is 3.54. The van der Waals surface area contributed by atoms with Gasteiger partial charge in [0.2, 0.25) is 6.10 Å². The Hall–Kier alpha value is -3.99. The number of rotatable bonds is 12. The molecule has 5 aliphatic rings. The summed E-state index contributed by atoms with van der Waals surface area (Å²) in [5, 5.41) is 40.3. The van der Waals surface area contributed by atoms with E-state index in [-0.39, 0.29) is 36.2 Å². The molecule has 1 amide bonds. The molecular formula is C46H65N2O15P. The number of amides is 1. The van der Waals surface area contributed by atoms with Crippen molar-refractivity contribution in [3.8, 4) is 0 Å². The molecule has 17 nitrogen and oxygen atoms in total. The van der Waals surface area contributed by atoms with E-state index >= 15 is 4.79 Å². The zero-order valence-corrected chi connectivity index (χ0v) is 39.2. The highest BCUT2D eigenvalue weighted by atomic mass is 31.0. The minimum Gasteiger partial charge on any atom is -0.455 e. The smallest absolute Gasteiger partial charge is 0.408 e. The van der Waals surface area contributed by atoms with Gasteiger partial charge >= 0.3 is 30.0 Å². The number of esters is 4. The molecular weight excluding hydrogens is 851 g/mol. The lowest BCUT2D eigenvalue weighted by atomic mass is 9.44. The Kier molecular flexibility index (Phi) is 14.5. The van der Waals surface area contributed by atoms with Crippen molar-refractivity contribution in [3.63, 3.8) is 0 Å². The summed E-state index contributed by atoms with van der Waals surface area (Å²) < 4.78 is 35.6. The van der Waals surface area contributed by atoms with E-state index in [1.165, 1.54) is 26.0 Å². The van der Waals surface area contributed by atoms with Crippen molar-refractivity contribution in [2.24, 2.45) is 16.7 Å². The van der Waals surface area contributed by atoms with E-state index in [4.69, 9.17) is 28.4 Å². The Balaban J connectivity index is 1.42. The number of nitrogens with zero attached hydrogens (tertiary/aromatic N) is 1. The van der Waals surface area contributed by atoms with Crippen LogP contribution >= 0.6 is 9.24 Å². The van der Waals surface area contributed by atoms with Gasteiger partial charge in [-0.15, -0.1) is 9.24 Å². The molecule has 1 aromatic rings. The SMILES string of the molecule is CC(=O)O[C@@]12CO[C@@H]1C[C@H](O)[C@@]1(C)C(=O)[C@H](O)C3=C(C)[C@@H](OC(=O)[C@H](OC(=O)CCCN4CCCCC4)[C@H](P)NC(=O)OC(C)(C)C)C[C@@](O)([C@@H](OC(=O)c4ccccc4)C12)C3(C)C. The third-order valence-corrected chi connectivity index (χ3v) is 14.5. The van der Waals surface area contributed by atoms with Gasteiger partial charge in [-0.05, 0) is 96.8 Å². The lowest BCUT2D eigenvalue weighted by Crippen LogP contribution is -2.81. The first-order valence-corrected chi connectivity index (χ1v) is 22.8. The highest BCUT2D eigenvalue weighted by Crippen LogP contribution is 2.64. The molecule has 2 unspecified atom stereocenters. The second-order valence-electron chi connectivity index (χ2n) is 19.7. The fraction of sp³-hybridized carbons (Fsp3) is 0.696. The Labute approximate surface area is 376 Å². The van der Waals surface area contributed by atoms with Crippen molar-refractivity contribution in [2.45, 2.75) is 160 Å². The number of aliphatic hydroxyl groups excluding tert-OH is 2. The maximum absolute atomic E-state index is 15.1. The van der Waals surface area contributed by atoms with Crippen molar-refractivity contribution in [1.82, 2.24) is 10.2 Å². The summed E-state index contributed by atoms with van der Waals surface area (Å²) in [5.41, 5.74) is -8.53. The van der Waals surface area contributed by atoms with Gasteiger partial charge in [0.25, 0.3) is 0 Å². The van der Waals surface area contributed by atoms with Gasteiger partial charge < -0.3 is 54.0 Å². The normalized spacial score (nSPS) is 33.3. The minimum absolute atomic E-state index is 0.0475. The molecule has 64 heavy (non-hydrogen) atoms. The van der Waals surface area contributed by atoms with Gasteiger partial charge in [-0.2, -0.15) is 0 Å². The number of piperidine rings is 1. The van der Waals surface area contributed by atoms with Gasteiger partial charge in [0, 0.05) is 31.6 Å². The van der Waals surface area contributed by atoms with E-state index < -0.39 is 118 Å². The highest BCUT2D eigenvalue weighted by molar-refractivity contribution is 7.17. The maximum atomic E-state index is 15.1. The zero-order chi connectivity index (χ0) is 47.2. The highest BCUT2D eigenvalue weighted by Gasteiger charge is 2.78. The third-order valence-electron chi connectivity index (χ3n) is 14.0. The van der Waals surface area contributed by atoms with Crippen LogP contribution in [0.1, 0.15) is 111 Å². The second kappa shape index (κ2) is 18.7. The molecule has 18 heteroatoms. The first-order valence-electron chi connectivity index (χ1n) is 22.2. The monoisotopic (exact) mass is 916 g/mol. The molecule has 12 atom stereocenters. The van der Waals surface area contributed by atoms with E-state index in [2.05, 4.69) is 19.5 Å². The predicted molar refractivity (Wildman–Crippen MR) is 231 cm³/mol. The summed E-state index contributed by atoms with van der Waals surface area (Å²) in [5.74, 6) is -7.32. The Morgan fingerprint density at radius 3 is 2.27 bits per heavy atom. The summed E-state index contributed by atoms with van der Waals surface area (Å²) in [6, 6.07) is 7.87. The van der Waals surface area contributed by atoms with E-state index in [9.17, 15) is 39.3 Å². The fourth-order valence-corrected chi connectivity index (χ4v) is 11.0. The lowest BCUT2D eigenvalue weighted by Gasteiger charge is -2.67. The van der Waals surface area contributed by atoms with Crippen LogP contribution in [0.25, 0.3) is 0 Å². The number of aliphatic hydroxyl groups is 3. The second-order valence-corrected chi connectivity index (χ2v) is 20.4. The van der Waals surface area contributed by atoms with E-state index in [1.807, 2.05) is 0 Å². The van der Waals surface area contributed by atoms with Crippen LogP contribution in [-0.2, 0) is 47.6 Å². The van der Waals surface area contributed by atoms with Crippen LogP contribution in [0, 0.1) is 16.7 Å². The van der Waals surface area contributed by atoms with Crippen LogP contribution in [0.4, 0.5) is 4.79 Å². The number of ether oxygens (including phenoxy) is 6. The van der Waals surface area contributed by atoms with Crippen molar-refractivity contribution in [3.05, 3.63) is 47.0 Å². The Morgan fingerprint density at radius 2 is 1.67 bits per heavy atom. The summed E-state index contributed by atoms with van der Waals surface area (Å²) in [6.45, 7) is 14.3. The average Bonchev–Trinajstić information content (AvgIpc) is 3.21. The number of ketones is 1. The van der Waals surface area contributed by atoms with Crippen LogP contribution in [0.5, 0.6) is 0 Å². The molecule has 0 aromatic heterocycles. The van der Waals surface area contributed by atoms with E-state index in [0.29, 0.717) is 13.0 Å². The Morgan fingerprint density at radius 1 is 1.02 bits per heavy atom. The topological polar surface area (TPSA) is 234 Å². The number of fused-ring (bicyclic) bond motifs is 5. The first-order chi connectivity index (χ1) is 29.9. The number of Topliss-reactive ketones (excluding diaryl/α,β-unsaturated/α-hetero) is 1. The molecule has 2 heterocycles. The first kappa shape index (κ1) is 49.4. The lowest BCUT2D eigenvalue weighted by molar-refractivity contribution is -0.346. The summed E-state index contributed by atoms with van der Waals surface area (Å²) >= 11 is 0. The largest absolute Gasteiger partial charge is 0.455 e. The van der Waals surface area contributed by atoms with E-state index in [1.54, 1.807) is 52.8 Å². The number of carbonyl (C=O) groups excluding carboxylic acids is 6. The van der Waals surface area contributed by atoms with Crippen molar-refractivity contribution < 1.29 is 72.5 Å². The summed E-state index contributed by atoms with van der Waals surface area (Å²) in [4.78, 5) is 85.4. The third kappa shape index (κ3) is 9.35. The molecule has 3 aliphatic carbocycles. The quantitative estimate of drug-likeness (QED) is 0.102. The molecule has 1 aromatic carbocycles. The molecule has 2 saturated carbocycles. The van der Waals surface area contributed by atoms with Crippen molar-refractivity contribution in [1.29, 1.82) is 0 Å². The number of carbonyl (C=O) groups is 6. The minimum atomic E-state index is -2.37. The number of hydrogen-bond acceptors (Lipinski definition) is 16. The van der Waals surface area contributed by atoms with Gasteiger partial charge in [-0.25, -0.2) is 14.4 Å². The van der Waals surface area contributed by atoms with Crippen LogP contribution in [-0.4, -0.2) is 141 Å². The fourth-order valence-electron chi connectivity index (χ4n) is 10.6. The standard InChI is InChI=1S/C46H65N2O15P/c1-25-28(59-40(55)34(38(64)47-41(56)63-42(3,4)5)60-31(51)18-15-21-48-19-13-10-14-20-48)23-46(57)37(61-39(54)27-16-11-9-12-17-27)35-44(8,36(53)33(52)32(25)43(46,6)7)29(50)22-30-45(35,24-58-30)62-26(2)49/h9,11-12,16-17,28-30,33-35,37-38,50,52,57H,10,13-15,18-24,64H2,1-8H3,(H,47,56)/t28-,29-,30+,33+,34+,35?,37-,38-,44+,45-,46+/m0/s1. The maximum Gasteiger partial charge on any atom is 0.408 e. The molecule has 2 bridgehead atoms. The Bertz CT molecular complexity index is 2000. The van der Waals surface area contributed by atoms with Crippen LogP contribution in [0.2, 0.25) is 0 Å². The summed E-state index contributed by atoms with van der Waals surface area (Å²) in [6.07, 6.45) is -7.58. The van der Waals surface area contributed by atoms with Gasteiger partial charge in [0.15, 0.2) is 11.4 Å². The molecule has 2 saturated heterocycles. The van der Waals surface area contributed by atoms with Gasteiger partial charge in [0.1, 0.15) is 35.6 Å². The molecule has 0 spiro atoms. The molecule has 2 aliphatic heterocycles. The van der Waals surface area contributed by atoms with E-state index in [0.717, 1.165) is 39.3 Å². The number of benzene rings is 1. The van der Waals surface area contributed by atoms with Crippen LogP contribution in [0.15, 0.2) is 41.5 Å². The number of hydrogen-bond donors (Lipinski definition) is 4. The summed E-state index contributed by atoms with van der Waals surface area (Å²) in [7, 11) is 2.26. The van der Waals surface area contributed by atoms with Crippen LogP contribution < -0.4 is 5.32 Å². The molecule has 6 rings (SSSR count). The number of likely N-dealkylation sites (tertiary alicyclic amines) is 1. The molecule has 0 radical (unpaired) electrons. The number of nitrogens with one attached hydrogen (secondary N) is 1.